The third-order valence-electron chi connectivity index (χ3n) is 5.84. The van der Waals surface area contributed by atoms with Gasteiger partial charge in [-0.1, -0.05) is 24.6 Å². The fourth-order valence-corrected chi connectivity index (χ4v) is 4.11. The lowest BCUT2D eigenvalue weighted by Gasteiger charge is -2.33. The Hall–Kier alpha value is -2.24. The van der Waals surface area contributed by atoms with Crippen LogP contribution in [0.15, 0.2) is 42.5 Å². The quantitative estimate of drug-likeness (QED) is 0.397. The molecule has 32 heavy (non-hydrogen) atoms. The molecule has 0 heterocycles. The molecule has 6 heteroatoms. The molecule has 1 saturated carbocycles. The highest BCUT2D eigenvalue weighted by molar-refractivity contribution is 6.30. The Balaban J connectivity index is 1.99. The van der Waals surface area contributed by atoms with Crippen LogP contribution < -0.4 is 10.2 Å². The van der Waals surface area contributed by atoms with Crippen LogP contribution in [0, 0.1) is 5.92 Å². The minimum Gasteiger partial charge on any atom is -0.469 e. The molecule has 174 valence electrons. The van der Waals surface area contributed by atoms with E-state index in [4.69, 9.17) is 16.3 Å². The van der Waals surface area contributed by atoms with Crippen LogP contribution in [-0.2, 0) is 9.53 Å². The monoisotopic (exact) mass is 458 g/mol. The molecule has 2 aromatic rings. The predicted octanol–water partition coefficient (Wildman–Crippen LogP) is 6.13. The standard InChI is InChI=1S/C26H35ClN2O3/c1-5-19(15-25(30)32-4)20-8-13-24(29(16-18-6-7-18)17-26(2,3)31)23(14-20)28-22-11-9-21(27)10-12-22/h8-14,18-19,28,31H,5-7,15-17H2,1-4H3/t19-/m1/s1. The Morgan fingerprint density at radius 1 is 1.25 bits per heavy atom. The summed E-state index contributed by atoms with van der Waals surface area (Å²) in [7, 11) is 1.43. The molecule has 0 bridgehead atoms. The molecule has 1 fully saturated rings. The number of ether oxygens (including phenoxy) is 1. The van der Waals surface area contributed by atoms with E-state index in [0.717, 1.165) is 35.6 Å². The van der Waals surface area contributed by atoms with Gasteiger partial charge in [0.05, 0.1) is 30.5 Å². The van der Waals surface area contributed by atoms with Crippen molar-refractivity contribution in [1.82, 2.24) is 0 Å². The Morgan fingerprint density at radius 2 is 1.94 bits per heavy atom. The van der Waals surface area contributed by atoms with Crippen LogP contribution >= 0.6 is 11.6 Å². The summed E-state index contributed by atoms with van der Waals surface area (Å²) in [5, 5.41) is 14.8. The smallest absolute Gasteiger partial charge is 0.306 e. The van der Waals surface area contributed by atoms with E-state index in [1.54, 1.807) is 0 Å². The highest BCUT2D eigenvalue weighted by Gasteiger charge is 2.29. The normalized spacial score (nSPS) is 14.7. The summed E-state index contributed by atoms with van der Waals surface area (Å²) in [5.74, 6) is 0.544. The number of anilines is 3. The van der Waals surface area contributed by atoms with Gasteiger partial charge in [-0.25, -0.2) is 0 Å². The van der Waals surface area contributed by atoms with E-state index >= 15 is 0 Å². The summed E-state index contributed by atoms with van der Waals surface area (Å²) in [6.45, 7) is 7.23. The van der Waals surface area contributed by atoms with Gasteiger partial charge in [0, 0.05) is 23.8 Å². The van der Waals surface area contributed by atoms with Gasteiger partial charge in [-0.05, 0) is 86.9 Å². The summed E-state index contributed by atoms with van der Waals surface area (Å²) in [5.41, 5.74) is 3.21. The predicted molar refractivity (Wildman–Crippen MR) is 132 cm³/mol. The van der Waals surface area contributed by atoms with Gasteiger partial charge in [-0.3, -0.25) is 4.79 Å². The number of methoxy groups -OCH3 is 1. The number of benzene rings is 2. The number of carbonyl (C=O) groups excluding carboxylic acids is 1. The molecule has 1 aliphatic carbocycles. The molecule has 0 aliphatic heterocycles. The topological polar surface area (TPSA) is 61.8 Å². The molecule has 3 rings (SSSR count). The first-order valence-corrected chi connectivity index (χ1v) is 11.8. The van der Waals surface area contributed by atoms with E-state index in [-0.39, 0.29) is 11.9 Å². The zero-order chi connectivity index (χ0) is 23.3. The zero-order valence-electron chi connectivity index (χ0n) is 19.5. The number of nitrogens with zero attached hydrogens (tertiary/aromatic N) is 1. The Morgan fingerprint density at radius 3 is 2.50 bits per heavy atom. The Bertz CT molecular complexity index is 904. The van der Waals surface area contributed by atoms with E-state index in [2.05, 4.69) is 35.3 Å². The van der Waals surface area contributed by atoms with E-state index in [1.165, 1.54) is 20.0 Å². The van der Waals surface area contributed by atoms with Crippen LogP contribution in [0.25, 0.3) is 0 Å². The number of halogens is 1. The van der Waals surface area contributed by atoms with Crippen molar-refractivity contribution in [3.8, 4) is 0 Å². The molecule has 0 spiro atoms. The minimum absolute atomic E-state index is 0.0773. The van der Waals surface area contributed by atoms with Crippen LogP contribution in [-0.4, -0.2) is 36.9 Å². The highest BCUT2D eigenvalue weighted by Crippen LogP contribution is 2.38. The van der Waals surface area contributed by atoms with Gasteiger partial charge in [0.25, 0.3) is 0 Å². The largest absolute Gasteiger partial charge is 0.469 e. The number of aliphatic hydroxyl groups is 1. The maximum absolute atomic E-state index is 11.9. The molecule has 2 N–H and O–H groups in total. The van der Waals surface area contributed by atoms with Crippen molar-refractivity contribution in [2.75, 3.05) is 30.4 Å². The first kappa shape index (κ1) is 24.4. The number of hydrogen-bond acceptors (Lipinski definition) is 5. The van der Waals surface area contributed by atoms with Crippen molar-refractivity contribution < 1.29 is 14.6 Å². The second-order valence-electron chi connectivity index (χ2n) is 9.43. The maximum Gasteiger partial charge on any atom is 0.306 e. The van der Waals surface area contributed by atoms with Gasteiger partial charge in [0.1, 0.15) is 0 Å². The molecular formula is C26H35ClN2O3. The lowest BCUT2D eigenvalue weighted by atomic mass is 9.92. The second-order valence-corrected chi connectivity index (χ2v) is 9.87. The SMILES string of the molecule is CC[C@H](CC(=O)OC)c1ccc(N(CC2CC2)CC(C)(C)O)c(Nc2ccc(Cl)cc2)c1. The van der Waals surface area contributed by atoms with Crippen molar-refractivity contribution in [2.24, 2.45) is 5.92 Å². The summed E-state index contributed by atoms with van der Waals surface area (Å²) in [6, 6.07) is 14.0. The first-order valence-electron chi connectivity index (χ1n) is 11.4. The lowest BCUT2D eigenvalue weighted by Crippen LogP contribution is -2.40. The first-order chi connectivity index (χ1) is 15.2. The van der Waals surface area contributed by atoms with Crippen molar-refractivity contribution in [1.29, 1.82) is 0 Å². The van der Waals surface area contributed by atoms with E-state index in [0.29, 0.717) is 23.9 Å². The van der Waals surface area contributed by atoms with Crippen LogP contribution in [0.5, 0.6) is 0 Å². The molecule has 1 atom stereocenters. The lowest BCUT2D eigenvalue weighted by molar-refractivity contribution is -0.141. The van der Waals surface area contributed by atoms with Crippen LogP contribution in [0.1, 0.15) is 57.9 Å². The van der Waals surface area contributed by atoms with E-state index < -0.39 is 5.60 Å². The molecule has 0 amide bonds. The molecule has 1 aliphatic rings. The number of rotatable bonds is 11. The minimum atomic E-state index is -0.818. The van der Waals surface area contributed by atoms with Gasteiger partial charge < -0.3 is 20.1 Å². The Labute approximate surface area is 196 Å². The average Bonchev–Trinajstić information content (AvgIpc) is 3.56. The van der Waals surface area contributed by atoms with E-state index in [1.807, 2.05) is 38.1 Å². The Kier molecular flexibility index (Phi) is 8.07. The van der Waals surface area contributed by atoms with Gasteiger partial charge in [0.2, 0.25) is 0 Å². The van der Waals surface area contributed by atoms with Gasteiger partial charge in [0.15, 0.2) is 0 Å². The van der Waals surface area contributed by atoms with Gasteiger partial charge in [-0.2, -0.15) is 0 Å². The molecule has 2 aromatic carbocycles. The molecule has 0 radical (unpaired) electrons. The van der Waals surface area contributed by atoms with Crippen LogP contribution in [0.3, 0.4) is 0 Å². The number of esters is 1. The number of carbonyl (C=O) groups is 1. The van der Waals surface area contributed by atoms with Gasteiger partial charge >= 0.3 is 5.97 Å². The fraction of sp³-hybridized carbons (Fsp3) is 0.500. The second kappa shape index (κ2) is 10.6. The molecular weight excluding hydrogens is 424 g/mol. The van der Waals surface area contributed by atoms with E-state index in [9.17, 15) is 9.90 Å². The number of hydrogen-bond donors (Lipinski definition) is 2. The van der Waals surface area contributed by atoms with Crippen molar-refractivity contribution in [2.45, 2.75) is 58.0 Å². The molecule has 5 nitrogen and oxygen atoms in total. The van der Waals surface area contributed by atoms with Crippen molar-refractivity contribution in [3.63, 3.8) is 0 Å². The zero-order valence-corrected chi connectivity index (χ0v) is 20.3. The van der Waals surface area contributed by atoms with Crippen LogP contribution in [0.2, 0.25) is 5.02 Å². The summed E-state index contributed by atoms with van der Waals surface area (Å²) < 4.78 is 4.91. The van der Waals surface area contributed by atoms with Crippen LogP contribution in [0.4, 0.5) is 17.1 Å². The summed E-state index contributed by atoms with van der Waals surface area (Å²) >= 11 is 6.07. The van der Waals surface area contributed by atoms with Crippen molar-refractivity contribution >= 4 is 34.6 Å². The fourth-order valence-electron chi connectivity index (χ4n) is 3.98. The summed E-state index contributed by atoms with van der Waals surface area (Å²) in [4.78, 5) is 14.2. The van der Waals surface area contributed by atoms with Gasteiger partial charge in [-0.15, -0.1) is 0 Å². The number of nitrogens with one attached hydrogen (secondary N) is 1. The van der Waals surface area contributed by atoms with Crippen molar-refractivity contribution in [3.05, 3.63) is 53.1 Å². The maximum atomic E-state index is 11.9. The third-order valence-corrected chi connectivity index (χ3v) is 6.09. The average molecular weight is 459 g/mol. The molecule has 0 saturated heterocycles. The molecule has 0 aromatic heterocycles. The highest BCUT2D eigenvalue weighted by atomic mass is 35.5. The summed E-state index contributed by atoms with van der Waals surface area (Å²) in [6.07, 6.45) is 3.65. The molecule has 0 unspecified atom stereocenters. The third kappa shape index (κ3) is 7.14.